The average Bonchev–Trinajstić information content (AvgIpc) is 2.31. The summed E-state index contributed by atoms with van der Waals surface area (Å²) in [5.74, 6) is 0.281. The van der Waals surface area contributed by atoms with E-state index < -0.39 is 0 Å². The van der Waals surface area contributed by atoms with Gasteiger partial charge in [0.1, 0.15) is 5.75 Å². The van der Waals surface area contributed by atoms with Crippen LogP contribution in [0.1, 0.15) is 0 Å². The number of benzene rings is 1. The minimum absolute atomic E-state index is 0.281. The molecule has 0 unspecified atom stereocenters. The van der Waals surface area contributed by atoms with Gasteiger partial charge >= 0.3 is 0 Å². The number of anilines is 1. The number of aromatic hydroxyl groups is 1. The van der Waals surface area contributed by atoms with E-state index in [9.17, 15) is 5.11 Å². The van der Waals surface area contributed by atoms with Crippen molar-refractivity contribution >= 4 is 49.7 Å². The van der Waals surface area contributed by atoms with Gasteiger partial charge in [-0.3, -0.25) is 0 Å². The van der Waals surface area contributed by atoms with Crippen LogP contribution in [0.4, 0.5) is 5.69 Å². The minimum atomic E-state index is 0.281. The van der Waals surface area contributed by atoms with Crippen LogP contribution in [0.25, 0.3) is 10.1 Å². The highest BCUT2D eigenvalue weighted by molar-refractivity contribution is 14.1. The van der Waals surface area contributed by atoms with E-state index in [4.69, 9.17) is 5.73 Å². The fourth-order valence-corrected chi connectivity index (χ4v) is 2.90. The van der Waals surface area contributed by atoms with Crippen molar-refractivity contribution in [3.05, 3.63) is 21.1 Å². The molecular formula is C8H6INOS. The number of halogens is 1. The molecule has 0 radical (unpaired) electrons. The Morgan fingerprint density at radius 2 is 2.17 bits per heavy atom. The molecular weight excluding hydrogens is 285 g/mol. The van der Waals surface area contributed by atoms with E-state index in [2.05, 4.69) is 22.6 Å². The van der Waals surface area contributed by atoms with Gasteiger partial charge in [0.05, 0.1) is 5.39 Å². The summed E-state index contributed by atoms with van der Waals surface area (Å²) in [4.78, 5) is 0. The van der Waals surface area contributed by atoms with Crippen molar-refractivity contribution < 1.29 is 5.11 Å². The van der Waals surface area contributed by atoms with Crippen molar-refractivity contribution in [3.8, 4) is 5.75 Å². The lowest BCUT2D eigenvalue weighted by Gasteiger charge is -1.97. The van der Waals surface area contributed by atoms with Crippen LogP contribution in [0.15, 0.2) is 17.5 Å². The second-order valence-electron chi connectivity index (χ2n) is 2.49. The monoisotopic (exact) mass is 291 g/mol. The maximum atomic E-state index is 9.41. The van der Waals surface area contributed by atoms with E-state index in [-0.39, 0.29) is 5.75 Å². The van der Waals surface area contributed by atoms with Gasteiger partial charge in [-0.1, -0.05) is 0 Å². The molecule has 0 amide bonds. The zero-order valence-electron chi connectivity index (χ0n) is 6.04. The molecule has 0 aliphatic carbocycles. The van der Waals surface area contributed by atoms with Gasteiger partial charge < -0.3 is 10.8 Å². The van der Waals surface area contributed by atoms with Gasteiger partial charge in [-0.15, -0.1) is 11.3 Å². The lowest BCUT2D eigenvalue weighted by Crippen LogP contribution is -1.85. The third kappa shape index (κ3) is 1.15. The molecule has 0 aliphatic heterocycles. The van der Waals surface area contributed by atoms with Crippen LogP contribution in [0.5, 0.6) is 5.75 Å². The molecule has 0 saturated carbocycles. The molecule has 62 valence electrons. The summed E-state index contributed by atoms with van der Waals surface area (Å²) in [6, 6.07) is 3.87. The highest BCUT2D eigenvalue weighted by Crippen LogP contribution is 2.36. The first-order valence-electron chi connectivity index (χ1n) is 3.33. The van der Waals surface area contributed by atoms with Crippen molar-refractivity contribution in [1.82, 2.24) is 0 Å². The molecule has 0 fully saturated rings. The van der Waals surface area contributed by atoms with Crippen LogP contribution in [0.3, 0.4) is 0 Å². The summed E-state index contributed by atoms with van der Waals surface area (Å²) in [6.07, 6.45) is 0. The molecule has 1 heterocycles. The lowest BCUT2D eigenvalue weighted by molar-refractivity contribution is 0.484. The second-order valence-corrected chi connectivity index (χ2v) is 4.65. The number of rotatable bonds is 0. The Morgan fingerprint density at radius 3 is 2.92 bits per heavy atom. The summed E-state index contributed by atoms with van der Waals surface area (Å²) in [7, 11) is 0. The molecule has 0 bridgehead atoms. The Labute approximate surface area is 87.1 Å². The Kier molecular flexibility index (Phi) is 1.88. The summed E-state index contributed by atoms with van der Waals surface area (Å²) >= 11 is 3.72. The van der Waals surface area contributed by atoms with E-state index in [0.717, 1.165) is 13.7 Å². The number of nitrogen functional groups attached to an aromatic ring is 1. The third-order valence-electron chi connectivity index (χ3n) is 1.65. The smallest absolute Gasteiger partial charge is 0.136 e. The van der Waals surface area contributed by atoms with Crippen LogP contribution < -0.4 is 5.73 Å². The number of thiophene rings is 1. The summed E-state index contributed by atoms with van der Waals surface area (Å²) in [5, 5.41) is 11.9. The van der Waals surface area contributed by atoms with Crippen LogP contribution in [0, 0.1) is 3.57 Å². The van der Waals surface area contributed by atoms with Gasteiger partial charge in [0.15, 0.2) is 0 Å². The highest BCUT2D eigenvalue weighted by atomic mass is 127. The van der Waals surface area contributed by atoms with Gasteiger partial charge in [0.25, 0.3) is 0 Å². The summed E-state index contributed by atoms with van der Waals surface area (Å²) in [5.41, 5.74) is 6.39. The summed E-state index contributed by atoms with van der Waals surface area (Å²) < 4.78 is 2.14. The molecule has 1 aromatic heterocycles. The van der Waals surface area contributed by atoms with Crippen LogP contribution in [-0.4, -0.2) is 5.11 Å². The molecule has 1 aromatic carbocycles. The SMILES string of the molecule is Nc1cc(I)cc2scc(O)c12. The number of hydrogen-bond donors (Lipinski definition) is 2. The van der Waals surface area contributed by atoms with Crippen molar-refractivity contribution in [2.75, 3.05) is 5.73 Å². The zero-order chi connectivity index (χ0) is 8.72. The van der Waals surface area contributed by atoms with Gasteiger partial charge in [-0.25, -0.2) is 0 Å². The minimum Gasteiger partial charge on any atom is -0.506 e. The molecule has 4 heteroatoms. The maximum Gasteiger partial charge on any atom is 0.136 e. The van der Waals surface area contributed by atoms with Crippen LogP contribution in [-0.2, 0) is 0 Å². The molecule has 2 aromatic rings. The van der Waals surface area contributed by atoms with Crippen LogP contribution in [0.2, 0.25) is 0 Å². The van der Waals surface area contributed by atoms with E-state index in [1.807, 2.05) is 12.1 Å². The fourth-order valence-electron chi connectivity index (χ4n) is 1.15. The molecule has 0 aliphatic rings. The Hall–Kier alpha value is -0.490. The molecule has 2 nitrogen and oxygen atoms in total. The molecule has 3 N–H and O–H groups in total. The largest absolute Gasteiger partial charge is 0.506 e. The molecule has 0 saturated heterocycles. The van der Waals surface area contributed by atoms with Gasteiger partial charge in [-0.2, -0.15) is 0 Å². The van der Waals surface area contributed by atoms with E-state index in [0.29, 0.717) is 5.69 Å². The quantitative estimate of drug-likeness (QED) is 0.579. The lowest BCUT2D eigenvalue weighted by atomic mass is 10.2. The number of nitrogens with two attached hydrogens (primary N) is 1. The Morgan fingerprint density at radius 1 is 1.42 bits per heavy atom. The zero-order valence-corrected chi connectivity index (χ0v) is 9.02. The Balaban J connectivity index is 2.93. The van der Waals surface area contributed by atoms with Crippen LogP contribution >= 0.6 is 33.9 Å². The first-order chi connectivity index (χ1) is 5.68. The van der Waals surface area contributed by atoms with E-state index in [1.165, 1.54) is 11.3 Å². The first-order valence-corrected chi connectivity index (χ1v) is 5.29. The standard InChI is InChI=1S/C8H6INOS/c9-4-1-5(10)8-6(11)3-12-7(8)2-4/h1-3,11H,10H2. The van der Waals surface area contributed by atoms with Gasteiger partial charge in [0.2, 0.25) is 0 Å². The normalized spacial score (nSPS) is 10.8. The average molecular weight is 291 g/mol. The van der Waals surface area contributed by atoms with Crippen molar-refractivity contribution in [1.29, 1.82) is 0 Å². The molecule has 2 rings (SSSR count). The predicted molar refractivity (Wildman–Crippen MR) is 60.6 cm³/mol. The first kappa shape index (κ1) is 8.12. The van der Waals surface area contributed by atoms with Gasteiger partial charge in [-0.05, 0) is 34.7 Å². The molecule has 0 atom stereocenters. The molecule has 0 spiro atoms. The van der Waals surface area contributed by atoms with E-state index in [1.54, 1.807) is 5.38 Å². The topological polar surface area (TPSA) is 46.2 Å². The molecule has 12 heavy (non-hydrogen) atoms. The fraction of sp³-hybridized carbons (Fsp3) is 0. The predicted octanol–water partition coefficient (Wildman–Crippen LogP) is 2.79. The van der Waals surface area contributed by atoms with Crippen molar-refractivity contribution in [2.24, 2.45) is 0 Å². The Bertz CT molecular complexity index is 438. The number of hydrogen-bond acceptors (Lipinski definition) is 3. The third-order valence-corrected chi connectivity index (χ3v) is 3.19. The van der Waals surface area contributed by atoms with Gasteiger partial charge in [0, 0.05) is 19.3 Å². The highest BCUT2D eigenvalue weighted by Gasteiger charge is 2.06. The second kappa shape index (κ2) is 2.77. The van der Waals surface area contributed by atoms with Crippen molar-refractivity contribution in [3.63, 3.8) is 0 Å². The van der Waals surface area contributed by atoms with Crippen molar-refractivity contribution in [2.45, 2.75) is 0 Å². The van der Waals surface area contributed by atoms with E-state index >= 15 is 0 Å². The summed E-state index contributed by atoms with van der Waals surface area (Å²) in [6.45, 7) is 0. The number of fused-ring (bicyclic) bond motifs is 1. The maximum absolute atomic E-state index is 9.41.